The van der Waals surface area contributed by atoms with Crippen LogP contribution in [-0.2, 0) is 13.0 Å². The first-order chi connectivity index (χ1) is 12.7. The summed E-state index contributed by atoms with van der Waals surface area (Å²) < 4.78 is 0. The molecule has 1 amide bonds. The molecule has 2 aromatic carbocycles. The van der Waals surface area contributed by atoms with Gasteiger partial charge in [-0.05, 0) is 47.9 Å². The number of amides is 1. The molecule has 2 heterocycles. The Morgan fingerprint density at radius 2 is 1.88 bits per heavy atom. The normalized spacial score (nSPS) is 12.7. The minimum absolute atomic E-state index is 0.187. The summed E-state index contributed by atoms with van der Waals surface area (Å²) >= 11 is 5.87. The molecule has 1 aromatic heterocycles. The fourth-order valence-electron chi connectivity index (χ4n) is 3.16. The summed E-state index contributed by atoms with van der Waals surface area (Å²) in [6.07, 6.45) is 2.79. The molecular weight excluding hydrogens is 346 g/mol. The third kappa shape index (κ3) is 3.41. The van der Waals surface area contributed by atoms with Gasteiger partial charge < -0.3 is 10.2 Å². The predicted molar refractivity (Wildman–Crippen MR) is 104 cm³/mol. The molecule has 5 heteroatoms. The van der Waals surface area contributed by atoms with Gasteiger partial charge in [-0.1, -0.05) is 41.9 Å². The zero-order chi connectivity index (χ0) is 17.9. The standard InChI is InChI=1S/C21H18ClN3O/c22-17-7-5-15(6-8-17)13-24-21(26)19-10-9-18(14-23-19)25-12-11-16-3-1-2-4-20(16)25/h1-10,14H,11-13H2,(H,24,26). The first-order valence-corrected chi connectivity index (χ1v) is 8.93. The second-order valence-corrected chi connectivity index (χ2v) is 6.68. The van der Waals surface area contributed by atoms with Crippen molar-refractivity contribution in [3.05, 3.63) is 88.7 Å². The number of rotatable bonds is 4. The third-order valence-electron chi connectivity index (χ3n) is 4.55. The van der Waals surface area contributed by atoms with Crippen molar-refractivity contribution in [3.8, 4) is 0 Å². The maximum absolute atomic E-state index is 12.3. The molecule has 26 heavy (non-hydrogen) atoms. The number of hydrogen-bond donors (Lipinski definition) is 1. The van der Waals surface area contributed by atoms with Crippen LogP contribution in [0.5, 0.6) is 0 Å². The van der Waals surface area contributed by atoms with E-state index in [0.29, 0.717) is 17.3 Å². The van der Waals surface area contributed by atoms with E-state index in [4.69, 9.17) is 11.6 Å². The van der Waals surface area contributed by atoms with Gasteiger partial charge in [0.1, 0.15) is 5.69 Å². The van der Waals surface area contributed by atoms with Crippen LogP contribution in [0.1, 0.15) is 21.6 Å². The van der Waals surface area contributed by atoms with Gasteiger partial charge in [0.05, 0.1) is 11.9 Å². The Bertz CT molecular complexity index is 923. The maximum atomic E-state index is 12.3. The molecule has 1 N–H and O–H groups in total. The zero-order valence-corrected chi connectivity index (χ0v) is 14.9. The van der Waals surface area contributed by atoms with E-state index in [1.807, 2.05) is 36.4 Å². The number of aromatic nitrogens is 1. The number of hydrogen-bond acceptors (Lipinski definition) is 3. The number of para-hydroxylation sites is 1. The number of benzene rings is 2. The average molecular weight is 364 g/mol. The van der Waals surface area contributed by atoms with Crippen molar-refractivity contribution in [1.82, 2.24) is 10.3 Å². The van der Waals surface area contributed by atoms with E-state index in [0.717, 1.165) is 24.2 Å². The number of carbonyl (C=O) groups is 1. The molecule has 0 unspecified atom stereocenters. The lowest BCUT2D eigenvalue weighted by atomic mass is 10.2. The van der Waals surface area contributed by atoms with E-state index in [1.54, 1.807) is 12.3 Å². The van der Waals surface area contributed by atoms with Gasteiger partial charge >= 0.3 is 0 Å². The second kappa shape index (κ2) is 7.18. The van der Waals surface area contributed by atoms with Gasteiger partial charge in [-0.15, -0.1) is 0 Å². The highest BCUT2D eigenvalue weighted by molar-refractivity contribution is 6.30. The lowest BCUT2D eigenvalue weighted by Crippen LogP contribution is -2.24. The topological polar surface area (TPSA) is 45.2 Å². The molecule has 0 spiro atoms. The number of halogens is 1. The molecule has 4 nitrogen and oxygen atoms in total. The van der Waals surface area contributed by atoms with Crippen LogP contribution in [0.3, 0.4) is 0 Å². The van der Waals surface area contributed by atoms with Crippen LogP contribution in [0.15, 0.2) is 66.9 Å². The van der Waals surface area contributed by atoms with Crippen molar-refractivity contribution in [3.63, 3.8) is 0 Å². The van der Waals surface area contributed by atoms with E-state index in [9.17, 15) is 4.79 Å². The van der Waals surface area contributed by atoms with Crippen LogP contribution in [-0.4, -0.2) is 17.4 Å². The summed E-state index contributed by atoms with van der Waals surface area (Å²) in [5.41, 5.74) is 4.97. The Morgan fingerprint density at radius 3 is 2.65 bits per heavy atom. The zero-order valence-electron chi connectivity index (χ0n) is 14.2. The summed E-state index contributed by atoms with van der Waals surface area (Å²) in [6.45, 7) is 1.38. The minimum Gasteiger partial charge on any atom is -0.347 e. The van der Waals surface area contributed by atoms with Gasteiger partial charge in [-0.3, -0.25) is 4.79 Å². The molecule has 3 aromatic rings. The Kier molecular flexibility index (Phi) is 4.59. The molecule has 0 saturated heterocycles. The monoisotopic (exact) mass is 363 g/mol. The third-order valence-corrected chi connectivity index (χ3v) is 4.80. The van der Waals surface area contributed by atoms with Gasteiger partial charge in [0.15, 0.2) is 0 Å². The molecule has 0 saturated carbocycles. The van der Waals surface area contributed by atoms with E-state index < -0.39 is 0 Å². The number of carbonyl (C=O) groups excluding carboxylic acids is 1. The quantitative estimate of drug-likeness (QED) is 0.749. The molecule has 0 radical (unpaired) electrons. The highest BCUT2D eigenvalue weighted by Gasteiger charge is 2.20. The maximum Gasteiger partial charge on any atom is 0.270 e. The summed E-state index contributed by atoms with van der Waals surface area (Å²) in [4.78, 5) is 18.9. The number of anilines is 2. The lowest BCUT2D eigenvalue weighted by Gasteiger charge is -2.19. The number of fused-ring (bicyclic) bond motifs is 1. The van der Waals surface area contributed by atoms with E-state index in [2.05, 4.69) is 33.4 Å². The highest BCUT2D eigenvalue weighted by atomic mass is 35.5. The van der Waals surface area contributed by atoms with Gasteiger partial charge in [0, 0.05) is 23.8 Å². The highest BCUT2D eigenvalue weighted by Crippen LogP contribution is 2.33. The molecule has 130 valence electrons. The van der Waals surface area contributed by atoms with Gasteiger partial charge in [0.25, 0.3) is 5.91 Å². The van der Waals surface area contributed by atoms with Crippen molar-refractivity contribution < 1.29 is 4.79 Å². The van der Waals surface area contributed by atoms with Crippen LogP contribution in [0.4, 0.5) is 11.4 Å². The Labute approximate surface area is 157 Å². The van der Waals surface area contributed by atoms with Crippen LogP contribution in [0.2, 0.25) is 5.02 Å². The van der Waals surface area contributed by atoms with Gasteiger partial charge in [-0.25, -0.2) is 4.98 Å². The fraction of sp³-hybridized carbons (Fsp3) is 0.143. The average Bonchev–Trinajstić information content (AvgIpc) is 3.11. The predicted octanol–water partition coefficient (Wildman–Crippen LogP) is 4.36. The van der Waals surface area contributed by atoms with Crippen LogP contribution >= 0.6 is 11.6 Å². The molecule has 0 fully saturated rings. The largest absolute Gasteiger partial charge is 0.347 e. The second-order valence-electron chi connectivity index (χ2n) is 6.24. The lowest BCUT2D eigenvalue weighted by molar-refractivity contribution is 0.0946. The summed E-state index contributed by atoms with van der Waals surface area (Å²) in [5.74, 6) is -0.187. The van der Waals surface area contributed by atoms with E-state index >= 15 is 0 Å². The smallest absolute Gasteiger partial charge is 0.270 e. The van der Waals surface area contributed by atoms with Gasteiger partial charge in [0.2, 0.25) is 0 Å². The molecule has 1 aliphatic heterocycles. The fourth-order valence-corrected chi connectivity index (χ4v) is 3.29. The van der Waals surface area contributed by atoms with Gasteiger partial charge in [-0.2, -0.15) is 0 Å². The van der Waals surface area contributed by atoms with Crippen molar-refractivity contribution in [2.75, 3.05) is 11.4 Å². The van der Waals surface area contributed by atoms with Crippen LogP contribution in [0, 0.1) is 0 Å². The van der Waals surface area contributed by atoms with Crippen molar-refractivity contribution in [2.45, 2.75) is 13.0 Å². The summed E-state index contributed by atoms with van der Waals surface area (Å²) in [6, 6.07) is 19.5. The Balaban J connectivity index is 1.43. The Morgan fingerprint density at radius 1 is 1.08 bits per heavy atom. The minimum atomic E-state index is -0.187. The van der Waals surface area contributed by atoms with E-state index in [1.165, 1.54) is 11.3 Å². The molecular formula is C21H18ClN3O. The van der Waals surface area contributed by atoms with Crippen molar-refractivity contribution >= 4 is 28.9 Å². The molecule has 0 bridgehead atoms. The Hall–Kier alpha value is -2.85. The van der Waals surface area contributed by atoms with Crippen molar-refractivity contribution in [1.29, 1.82) is 0 Å². The SMILES string of the molecule is O=C(NCc1ccc(Cl)cc1)c1ccc(N2CCc3ccccc32)cn1. The molecule has 0 atom stereocenters. The molecule has 4 rings (SSSR count). The summed E-state index contributed by atoms with van der Waals surface area (Å²) in [7, 11) is 0. The molecule has 1 aliphatic rings. The first kappa shape index (κ1) is 16.6. The number of nitrogens with one attached hydrogen (secondary N) is 1. The molecule has 0 aliphatic carbocycles. The number of pyridine rings is 1. The van der Waals surface area contributed by atoms with E-state index in [-0.39, 0.29) is 5.91 Å². The number of nitrogens with zero attached hydrogens (tertiary/aromatic N) is 2. The summed E-state index contributed by atoms with van der Waals surface area (Å²) in [5, 5.41) is 3.56. The van der Waals surface area contributed by atoms with Crippen LogP contribution < -0.4 is 10.2 Å². The van der Waals surface area contributed by atoms with Crippen molar-refractivity contribution in [2.24, 2.45) is 0 Å². The first-order valence-electron chi connectivity index (χ1n) is 8.55. The van der Waals surface area contributed by atoms with Crippen LogP contribution in [0.25, 0.3) is 0 Å².